The highest BCUT2D eigenvalue weighted by molar-refractivity contribution is 8.03. The molecule has 5 heteroatoms. The van der Waals surface area contributed by atoms with Crippen LogP contribution in [0.4, 0.5) is 17.1 Å². The van der Waals surface area contributed by atoms with Crippen LogP contribution in [0.15, 0.2) is 154 Å². The smallest absolute Gasteiger partial charge is 0.262 e. The molecule has 0 saturated carbocycles. The average molecular weight is 625 g/mol. The van der Waals surface area contributed by atoms with E-state index in [4.69, 9.17) is 0 Å². The van der Waals surface area contributed by atoms with Crippen molar-refractivity contribution in [3.05, 3.63) is 154 Å². The van der Waals surface area contributed by atoms with Crippen LogP contribution in [0.5, 0.6) is 0 Å². The van der Waals surface area contributed by atoms with E-state index in [-0.39, 0.29) is 0 Å². The largest absolute Gasteiger partial charge is 0.335 e. The van der Waals surface area contributed by atoms with E-state index in [0.29, 0.717) is 0 Å². The topological polar surface area (TPSA) is 10.4 Å². The third-order valence-electron chi connectivity index (χ3n) is 8.51. The first-order valence-electron chi connectivity index (χ1n) is 15.9. The molecule has 1 aliphatic carbocycles. The average Bonchev–Trinajstić information content (AvgIpc) is 3.65. The summed E-state index contributed by atoms with van der Waals surface area (Å²) in [5, 5.41) is 2.57. The van der Waals surface area contributed by atoms with Gasteiger partial charge in [0, 0.05) is 35.0 Å². The Kier molecular flexibility index (Phi) is 8.72. The number of allylic oxidation sites excluding steroid dienone is 5. The molecule has 5 aromatic rings. The number of hydrogen-bond acceptors (Lipinski definition) is 4. The molecule has 0 bridgehead atoms. The Bertz CT molecular complexity index is 1890. The van der Waals surface area contributed by atoms with E-state index >= 15 is 0 Å². The van der Waals surface area contributed by atoms with E-state index in [1.165, 1.54) is 59.1 Å². The van der Waals surface area contributed by atoms with Crippen LogP contribution in [-0.2, 0) is 6.54 Å². The molecule has 3 nitrogen and oxygen atoms in total. The number of thioether (sulfide) groups is 1. The van der Waals surface area contributed by atoms with E-state index in [9.17, 15) is 0 Å². The molecular weight excluding hydrogens is 587 g/mol. The molecule has 2 heterocycles. The van der Waals surface area contributed by atoms with Gasteiger partial charge in [-0.1, -0.05) is 89.8 Å². The number of anilines is 3. The van der Waals surface area contributed by atoms with Gasteiger partial charge in [-0.3, -0.25) is 0 Å². The minimum Gasteiger partial charge on any atom is -0.335 e. The van der Waals surface area contributed by atoms with Gasteiger partial charge in [0.2, 0.25) is 5.52 Å². The maximum atomic E-state index is 2.47. The Morgan fingerprint density at radius 3 is 2.18 bits per heavy atom. The fourth-order valence-corrected chi connectivity index (χ4v) is 8.69. The number of aryl methyl sites for hydroxylation is 1. The van der Waals surface area contributed by atoms with Crippen molar-refractivity contribution in [1.29, 1.82) is 0 Å². The van der Waals surface area contributed by atoms with Crippen molar-refractivity contribution in [2.24, 2.45) is 0 Å². The Balaban J connectivity index is 1.38. The number of fused-ring (bicyclic) bond motifs is 2. The van der Waals surface area contributed by atoms with E-state index < -0.39 is 0 Å². The third kappa shape index (κ3) is 5.90. The lowest BCUT2D eigenvalue weighted by Gasteiger charge is -2.34. The zero-order valence-electron chi connectivity index (χ0n) is 25.9. The summed E-state index contributed by atoms with van der Waals surface area (Å²) in [5.74, 6) is 0. The van der Waals surface area contributed by atoms with E-state index in [0.717, 1.165) is 32.4 Å². The zero-order chi connectivity index (χ0) is 30.6. The molecule has 0 N–H and O–H groups in total. The number of thiazole rings is 1. The Labute approximate surface area is 275 Å². The van der Waals surface area contributed by atoms with Crippen molar-refractivity contribution in [3.63, 3.8) is 0 Å². The summed E-state index contributed by atoms with van der Waals surface area (Å²) >= 11 is 3.74. The highest BCUT2D eigenvalue weighted by Gasteiger charge is 2.26. The maximum Gasteiger partial charge on any atom is 0.262 e. The molecule has 0 unspecified atom stereocenters. The lowest BCUT2D eigenvalue weighted by atomic mass is 9.89. The zero-order valence-corrected chi connectivity index (χ0v) is 27.5. The number of aromatic nitrogens is 1. The van der Waals surface area contributed by atoms with Crippen LogP contribution in [0.25, 0.3) is 16.3 Å². The lowest BCUT2D eigenvalue weighted by molar-refractivity contribution is -0.665. The molecule has 0 atom stereocenters. The summed E-state index contributed by atoms with van der Waals surface area (Å²) < 4.78 is 3.76. The van der Waals surface area contributed by atoms with Gasteiger partial charge in [0.1, 0.15) is 11.2 Å². The lowest BCUT2D eigenvalue weighted by Crippen LogP contribution is -2.33. The molecule has 224 valence electrons. The monoisotopic (exact) mass is 624 g/mol. The molecule has 7 rings (SSSR count). The minimum absolute atomic E-state index is 0.947. The van der Waals surface area contributed by atoms with Gasteiger partial charge >= 0.3 is 0 Å². The van der Waals surface area contributed by atoms with Crippen LogP contribution in [0.3, 0.4) is 0 Å². The summed E-state index contributed by atoms with van der Waals surface area (Å²) in [4.78, 5) is 6.23. The van der Waals surface area contributed by atoms with Crippen molar-refractivity contribution in [3.8, 4) is 0 Å². The summed E-state index contributed by atoms with van der Waals surface area (Å²) in [5.41, 5.74) is 8.99. The van der Waals surface area contributed by atoms with Gasteiger partial charge in [-0.25, -0.2) is 0 Å². The molecule has 0 spiro atoms. The molecule has 0 saturated heterocycles. The molecule has 45 heavy (non-hydrogen) atoms. The molecular formula is C40H38N3S2+. The quantitative estimate of drug-likeness (QED) is 0.159. The molecule has 1 aliphatic heterocycles. The highest BCUT2D eigenvalue weighted by Crippen LogP contribution is 2.46. The van der Waals surface area contributed by atoms with Gasteiger partial charge in [-0.2, -0.15) is 4.57 Å². The van der Waals surface area contributed by atoms with Gasteiger partial charge in [-0.15, -0.1) is 0 Å². The second-order valence-corrected chi connectivity index (χ2v) is 13.4. The number of rotatable bonds is 8. The molecule has 0 radical (unpaired) electrons. The minimum atomic E-state index is 0.947. The fourth-order valence-electron chi connectivity index (χ4n) is 6.44. The highest BCUT2D eigenvalue weighted by atomic mass is 32.2. The molecule has 1 aromatic heterocycles. The van der Waals surface area contributed by atoms with Crippen LogP contribution >= 0.6 is 23.1 Å². The van der Waals surface area contributed by atoms with E-state index in [1.807, 2.05) is 23.1 Å². The molecule has 0 amide bonds. The standard InChI is InChI=1S/C40H38N3S2/c1-3-41-34-22-11-13-24-36(34)44-38(41)28-26-30-16-15-17-31(27-29-39-42(4-2)35-23-12-14-25-37(35)45-39)40(30)43(32-18-7-5-8-19-32)33-20-9-6-10-21-33/h5-14,18-29H,3-4,15-17H2,1-2H3/q+1. The maximum absolute atomic E-state index is 2.47. The van der Waals surface area contributed by atoms with Gasteiger partial charge in [0.25, 0.3) is 5.01 Å². The van der Waals surface area contributed by atoms with Crippen LogP contribution in [-0.4, -0.2) is 6.54 Å². The normalized spacial score (nSPS) is 16.8. The summed E-state index contributed by atoms with van der Waals surface area (Å²) in [7, 11) is 0. The van der Waals surface area contributed by atoms with Crippen molar-refractivity contribution in [2.75, 3.05) is 16.3 Å². The number of nitrogens with zero attached hydrogens (tertiary/aromatic N) is 3. The van der Waals surface area contributed by atoms with Gasteiger partial charge in [-0.05, 0) is 98.9 Å². The third-order valence-corrected chi connectivity index (χ3v) is 10.8. The first-order valence-corrected chi connectivity index (χ1v) is 17.6. The number of hydrogen-bond donors (Lipinski definition) is 0. The van der Waals surface area contributed by atoms with Crippen molar-refractivity contribution in [2.45, 2.75) is 44.6 Å². The fraction of sp³-hybridized carbons (Fsp3) is 0.175. The second kappa shape index (κ2) is 13.4. The first kappa shape index (κ1) is 29.4. The summed E-state index contributed by atoms with van der Waals surface area (Å²) in [6.07, 6.45) is 12.7. The molecule has 2 aliphatic rings. The van der Waals surface area contributed by atoms with Crippen LogP contribution < -0.4 is 14.4 Å². The van der Waals surface area contributed by atoms with Crippen LogP contribution in [0.2, 0.25) is 0 Å². The SMILES string of the molecule is CCN1/C(=C/C=C2\CCCC(/C=C\c3sc4ccccc4[n+]3CC)=C2N(c2ccccc2)c2ccccc2)Sc2ccccc21. The second-order valence-electron chi connectivity index (χ2n) is 11.2. The van der Waals surface area contributed by atoms with Crippen LogP contribution in [0.1, 0.15) is 38.1 Å². The Hall–Kier alpha value is -4.32. The first-order chi connectivity index (χ1) is 22.2. The number of para-hydroxylation sites is 4. The summed E-state index contributed by atoms with van der Waals surface area (Å²) in [6, 6.07) is 39.2. The van der Waals surface area contributed by atoms with Gasteiger partial charge in [0.05, 0.1) is 16.4 Å². The molecule has 0 fully saturated rings. The molecule has 4 aromatic carbocycles. The predicted molar refractivity (Wildman–Crippen MR) is 194 cm³/mol. The van der Waals surface area contributed by atoms with Gasteiger partial charge < -0.3 is 9.80 Å². The van der Waals surface area contributed by atoms with Crippen LogP contribution in [0, 0.1) is 0 Å². The van der Waals surface area contributed by atoms with Crippen molar-refractivity contribution in [1.82, 2.24) is 0 Å². The number of benzene rings is 4. The van der Waals surface area contributed by atoms with Crippen molar-refractivity contribution >= 4 is 56.5 Å². The Morgan fingerprint density at radius 1 is 0.756 bits per heavy atom. The van der Waals surface area contributed by atoms with E-state index in [2.05, 4.69) is 162 Å². The van der Waals surface area contributed by atoms with Gasteiger partial charge in [0.15, 0.2) is 0 Å². The predicted octanol–water partition coefficient (Wildman–Crippen LogP) is 10.9. The van der Waals surface area contributed by atoms with E-state index in [1.54, 1.807) is 0 Å². The van der Waals surface area contributed by atoms with Crippen molar-refractivity contribution < 1.29 is 4.57 Å². The summed E-state index contributed by atoms with van der Waals surface area (Å²) in [6.45, 7) is 6.37. The Morgan fingerprint density at radius 2 is 1.44 bits per heavy atom.